The van der Waals surface area contributed by atoms with Crippen LogP contribution in [0.4, 0.5) is 6.01 Å². The van der Waals surface area contributed by atoms with Crippen LogP contribution in [-0.2, 0) is 12.3 Å². The van der Waals surface area contributed by atoms with Crippen molar-refractivity contribution in [1.82, 2.24) is 10.2 Å². The second kappa shape index (κ2) is 4.31. The maximum absolute atomic E-state index is 5.67. The van der Waals surface area contributed by atoms with Gasteiger partial charge in [-0.1, -0.05) is 5.10 Å². The van der Waals surface area contributed by atoms with Crippen LogP contribution >= 0.6 is 22.9 Å². The molecule has 4 nitrogen and oxygen atoms in total. The quantitative estimate of drug-likeness (QED) is 0.786. The molecule has 0 radical (unpaired) electrons. The third-order valence-electron chi connectivity index (χ3n) is 3.09. The predicted molar refractivity (Wildman–Crippen MR) is 67.6 cm³/mol. The van der Waals surface area contributed by atoms with Crippen molar-refractivity contribution in [3.05, 3.63) is 27.8 Å². The molecule has 1 atom stereocenters. The zero-order chi connectivity index (χ0) is 11.8. The largest absolute Gasteiger partial charge is 0.407 e. The Labute approximate surface area is 108 Å². The molecule has 90 valence electrons. The number of hydrogen-bond acceptors (Lipinski definition) is 5. The van der Waals surface area contributed by atoms with E-state index < -0.39 is 0 Å². The average molecular weight is 270 g/mol. The summed E-state index contributed by atoms with van der Waals surface area (Å²) in [6.45, 7) is 3.08. The summed E-state index contributed by atoms with van der Waals surface area (Å²) in [4.78, 5) is 3.60. The average Bonchev–Trinajstić information content (AvgIpc) is 2.97. The zero-order valence-electron chi connectivity index (χ0n) is 9.39. The second-order valence-electron chi connectivity index (χ2n) is 4.03. The van der Waals surface area contributed by atoms with Crippen molar-refractivity contribution in [3.8, 4) is 0 Å². The van der Waals surface area contributed by atoms with Crippen LogP contribution in [0.1, 0.15) is 29.3 Å². The normalized spacial score (nSPS) is 19.4. The Hall–Kier alpha value is -1.07. The minimum atomic E-state index is 0.263. The maximum Gasteiger partial charge on any atom is 0.318 e. The summed E-state index contributed by atoms with van der Waals surface area (Å²) in [5, 5.41) is 10.1. The monoisotopic (exact) mass is 269 g/mol. The lowest BCUT2D eigenvalue weighted by Crippen LogP contribution is -2.33. The second-order valence-corrected chi connectivity index (χ2v) is 5.30. The standard InChI is InChI=1S/C11H12ClN3OS/c1-7-8-3-5-17-9(8)2-4-15(7)11-14-13-10(6-12)16-11/h3,5,7H,2,4,6H2,1H3. The van der Waals surface area contributed by atoms with Gasteiger partial charge in [-0.15, -0.1) is 28.0 Å². The minimum Gasteiger partial charge on any atom is -0.407 e. The van der Waals surface area contributed by atoms with E-state index >= 15 is 0 Å². The third-order valence-corrected chi connectivity index (χ3v) is 4.32. The van der Waals surface area contributed by atoms with Crippen LogP contribution in [0.25, 0.3) is 0 Å². The number of rotatable bonds is 2. The molecule has 0 fully saturated rings. The van der Waals surface area contributed by atoms with Crippen LogP contribution in [0.3, 0.4) is 0 Å². The van der Waals surface area contributed by atoms with Gasteiger partial charge in [-0.3, -0.25) is 0 Å². The Kier molecular flexibility index (Phi) is 2.80. The van der Waals surface area contributed by atoms with Gasteiger partial charge in [0.1, 0.15) is 5.88 Å². The molecule has 1 unspecified atom stereocenters. The number of hydrogen-bond donors (Lipinski definition) is 0. The molecule has 0 saturated carbocycles. The van der Waals surface area contributed by atoms with E-state index in [2.05, 4.69) is 33.5 Å². The van der Waals surface area contributed by atoms with E-state index in [0.29, 0.717) is 11.9 Å². The lowest BCUT2D eigenvalue weighted by molar-refractivity contribution is 0.474. The van der Waals surface area contributed by atoms with Crippen molar-refractivity contribution in [2.75, 3.05) is 11.4 Å². The molecule has 0 bridgehead atoms. The molecule has 0 N–H and O–H groups in total. The maximum atomic E-state index is 5.67. The highest BCUT2D eigenvalue weighted by molar-refractivity contribution is 7.10. The first-order valence-corrected chi connectivity index (χ1v) is 6.92. The van der Waals surface area contributed by atoms with E-state index in [1.54, 1.807) is 0 Å². The third kappa shape index (κ3) is 1.83. The molecule has 0 amide bonds. The summed E-state index contributed by atoms with van der Waals surface area (Å²) in [6, 6.07) is 3.04. The number of nitrogens with zero attached hydrogens (tertiary/aromatic N) is 3. The van der Waals surface area contributed by atoms with Crippen LogP contribution in [0.2, 0.25) is 0 Å². The Morgan fingerprint density at radius 1 is 1.59 bits per heavy atom. The molecule has 1 aliphatic heterocycles. The highest BCUT2D eigenvalue weighted by Crippen LogP contribution is 2.35. The topological polar surface area (TPSA) is 42.2 Å². The first-order valence-electron chi connectivity index (χ1n) is 5.51. The van der Waals surface area contributed by atoms with Gasteiger partial charge < -0.3 is 9.32 Å². The van der Waals surface area contributed by atoms with E-state index in [4.69, 9.17) is 16.0 Å². The summed E-state index contributed by atoms with van der Waals surface area (Å²) in [5.74, 6) is 0.740. The lowest BCUT2D eigenvalue weighted by Gasteiger charge is -2.31. The summed E-state index contributed by atoms with van der Waals surface area (Å²) in [7, 11) is 0. The van der Waals surface area contributed by atoms with E-state index in [-0.39, 0.29) is 11.9 Å². The SMILES string of the molecule is CC1c2ccsc2CCN1c1nnc(CCl)o1. The first kappa shape index (κ1) is 11.0. The molecular weight excluding hydrogens is 258 g/mol. The van der Waals surface area contributed by atoms with Crippen LogP contribution in [0, 0.1) is 0 Å². The van der Waals surface area contributed by atoms with Gasteiger partial charge in [0.2, 0.25) is 5.89 Å². The van der Waals surface area contributed by atoms with Gasteiger partial charge in [-0.2, -0.15) is 0 Å². The fourth-order valence-corrected chi connectivity index (χ4v) is 3.26. The van der Waals surface area contributed by atoms with Gasteiger partial charge in [-0.25, -0.2) is 0 Å². The molecule has 0 saturated heterocycles. The smallest absolute Gasteiger partial charge is 0.318 e. The molecule has 0 aliphatic carbocycles. The highest BCUT2D eigenvalue weighted by Gasteiger charge is 2.28. The number of halogens is 1. The van der Waals surface area contributed by atoms with Crippen molar-refractivity contribution in [1.29, 1.82) is 0 Å². The highest BCUT2D eigenvalue weighted by atomic mass is 35.5. The number of alkyl halides is 1. The van der Waals surface area contributed by atoms with Crippen molar-refractivity contribution in [2.24, 2.45) is 0 Å². The zero-order valence-corrected chi connectivity index (χ0v) is 11.0. The first-order chi connectivity index (χ1) is 8.29. The minimum absolute atomic E-state index is 0.263. The van der Waals surface area contributed by atoms with E-state index in [0.717, 1.165) is 13.0 Å². The summed E-state index contributed by atoms with van der Waals surface area (Å²) in [6.07, 6.45) is 1.04. The molecule has 2 aromatic heterocycles. The molecule has 17 heavy (non-hydrogen) atoms. The molecule has 1 aliphatic rings. The van der Waals surface area contributed by atoms with Crippen molar-refractivity contribution in [2.45, 2.75) is 25.3 Å². The van der Waals surface area contributed by atoms with Crippen molar-refractivity contribution in [3.63, 3.8) is 0 Å². The number of fused-ring (bicyclic) bond motifs is 1. The molecule has 3 heterocycles. The summed E-state index contributed by atoms with van der Waals surface area (Å²) < 4.78 is 5.51. The van der Waals surface area contributed by atoms with Crippen molar-refractivity contribution < 1.29 is 4.42 Å². The van der Waals surface area contributed by atoms with Gasteiger partial charge >= 0.3 is 6.01 Å². The number of aromatic nitrogens is 2. The molecule has 0 aromatic carbocycles. The Morgan fingerprint density at radius 3 is 3.24 bits per heavy atom. The van der Waals surface area contributed by atoms with Crippen LogP contribution < -0.4 is 4.90 Å². The van der Waals surface area contributed by atoms with Crippen LogP contribution in [0.15, 0.2) is 15.9 Å². The van der Waals surface area contributed by atoms with Gasteiger partial charge in [0.15, 0.2) is 0 Å². The van der Waals surface area contributed by atoms with E-state index in [1.807, 2.05) is 11.3 Å². The van der Waals surface area contributed by atoms with Crippen LogP contribution in [-0.4, -0.2) is 16.7 Å². The lowest BCUT2D eigenvalue weighted by atomic mass is 10.0. The Balaban J connectivity index is 1.91. The van der Waals surface area contributed by atoms with Gasteiger partial charge in [0.25, 0.3) is 0 Å². The van der Waals surface area contributed by atoms with Gasteiger partial charge in [0, 0.05) is 11.4 Å². The number of anilines is 1. The van der Waals surface area contributed by atoms with Gasteiger partial charge in [0.05, 0.1) is 6.04 Å². The number of thiophene rings is 1. The molecular formula is C11H12ClN3OS. The van der Waals surface area contributed by atoms with E-state index in [9.17, 15) is 0 Å². The predicted octanol–water partition coefficient (Wildman–Crippen LogP) is 2.99. The van der Waals surface area contributed by atoms with E-state index in [1.165, 1.54) is 10.4 Å². The summed E-state index contributed by atoms with van der Waals surface area (Å²) >= 11 is 7.49. The van der Waals surface area contributed by atoms with Crippen LogP contribution in [0.5, 0.6) is 0 Å². The van der Waals surface area contributed by atoms with Gasteiger partial charge in [-0.05, 0) is 30.4 Å². The molecule has 0 spiro atoms. The summed E-state index contributed by atoms with van der Waals surface area (Å²) in [5.41, 5.74) is 1.37. The molecule has 2 aromatic rings. The Morgan fingerprint density at radius 2 is 2.47 bits per heavy atom. The molecule has 6 heteroatoms. The van der Waals surface area contributed by atoms with Crippen molar-refractivity contribution >= 4 is 29.0 Å². The fraction of sp³-hybridized carbons (Fsp3) is 0.455. The fourth-order valence-electron chi connectivity index (χ4n) is 2.19. The molecule has 3 rings (SSSR count). The Bertz CT molecular complexity index is 524.